The van der Waals surface area contributed by atoms with Crippen LogP contribution in [0.5, 0.6) is 0 Å². The normalized spacial score (nSPS) is 21.4. The number of aliphatic carboxylic acids is 1. The molecule has 0 aliphatic carbocycles. The van der Waals surface area contributed by atoms with E-state index in [1.54, 1.807) is 0 Å². The van der Waals surface area contributed by atoms with Crippen molar-refractivity contribution in [3.63, 3.8) is 0 Å². The minimum Gasteiger partial charge on any atom is -0.480 e. The van der Waals surface area contributed by atoms with E-state index in [9.17, 15) is 22.8 Å². The van der Waals surface area contributed by atoms with Crippen LogP contribution in [-0.2, 0) is 19.4 Å². The second-order valence-corrected chi connectivity index (χ2v) is 7.25. The van der Waals surface area contributed by atoms with Crippen LogP contribution in [0, 0.1) is 5.92 Å². The molecule has 9 nitrogen and oxygen atoms in total. The second kappa shape index (κ2) is 7.25. The fourth-order valence-electron chi connectivity index (χ4n) is 2.02. The smallest absolute Gasteiger partial charge is 0.326 e. The Bertz CT molecular complexity index is 518. The molecule has 1 aliphatic rings. The molecule has 1 unspecified atom stereocenters. The van der Waals surface area contributed by atoms with Crippen LogP contribution in [-0.4, -0.2) is 55.5 Å². The highest BCUT2D eigenvalue weighted by Gasteiger charge is 2.28. The molecule has 0 spiro atoms. The molecular weight excluding hydrogens is 302 g/mol. The van der Waals surface area contributed by atoms with E-state index >= 15 is 0 Å². The van der Waals surface area contributed by atoms with Gasteiger partial charge in [0.05, 0.1) is 11.5 Å². The van der Waals surface area contributed by atoms with E-state index in [4.69, 9.17) is 10.8 Å². The minimum atomic E-state index is -3.02. The SMILES string of the molecule is NC(=O)CC[C@H](NC(=O)NCC1CCS(=O)(=O)C1)C(=O)O. The Kier molecular flexibility index (Phi) is 5.94. The van der Waals surface area contributed by atoms with Crippen molar-refractivity contribution in [2.45, 2.75) is 25.3 Å². The zero-order valence-electron chi connectivity index (χ0n) is 11.4. The maximum Gasteiger partial charge on any atom is 0.326 e. The summed E-state index contributed by atoms with van der Waals surface area (Å²) in [5, 5.41) is 13.6. The molecule has 1 aliphatic heterocycles. The highest BCUT2D eigenvalue weighted by atomic mass is 32.2. The van der Waals surface area contributed by atoms with Gasteiger partial charge in [-0.1, -0.05) is 0 Å². The van der Waals surface area contributed by atoms with Crippen LogP contribution in [0.15, 0.2) is 0 Å². The highest BCUT2D eigenvalue weighted by Crippen LogP contribution is 2.17. The van der Waals surface area contributed by atoms with Crippen molar-refractivity contribution < 1.29 is 27.9 Å². The van der Waals surface area contributed by atoms with Crippen LogP contribution in [0.3, 0.4) is 0 Å². The van der Waals surface area contributed by atoms with Crippen molar-refractivity contribution in [1.29, 1.82) is 0 Å². The standard InChI is InChI=1S/C11H19N3O6S/c12-9(15)2-1-8(10(16)17)14-11(18)13-5-7-3-4-21(19,20)6-7/h7-8H,1-6H2,(H2,12,15)(H,16,17)(H2,13,14,18)/t7?,8-/m0/s1. The zero-order chi connectivity index (χ0) is 16.0. The fourth-order valence-corrected chi connectivity index (χ4v) is 3.89. The van der Waals surface area contributed by atoms with Crippen molar-refractivity contribution in [2.24, 2.45) is 11.7 Å². The van der Waals surface area contributed by atoms with Gasteiger partial charge in [-0.2, -0.15) is 0 Å². The first kappa shape index (κ1) is 17.2. The van der Waals surface area contributed by atoms with E-state index in [1.165, 1.54) is 0 Å². The Labute approximate surface area is 122 Å². The molecule has 3 amide bonds. The van der Waals surface area contributed by atoms with Gasteiger partial charge in [-0.05, 0) is 18.8 Å². The molecule has 0 aromatic rings. The molecule has 21 heavy (non-hydrogen) atoms. The van der Waals surface area contributed by atoms with E-state index in [2.05, 4.69) is 10.6 Å². The monoisotopic (exact) mass is 321 g/mol. The average molecular weight is 321 g/mol. The Hall–Kier alpha value is -1.84. The second-order valence-electron chi connectivity index (χ2n) is 5.02. The molecule has 1 rings (SSSR count). The van der Waals surface area contributed by atoms with Gasteiger partial charge in [0, 0.05) is 13.0 Å². The summed E-state index contributed by atoms with van der Waals surface area (Å²) >= 11 is 0. The lowest BCUT2D eigenvalue weighted by Crippen LogP contribution is -2.47. The van der Waals surface area contributed by atoms with Crippen molar-refractivity contribution in [3.05, 3.63) is 0 Å². The topological polar surface area (TPSA) is 156 Å². The molecule has 0 bridgehead atoms. The predicted octanol–water partition coefficient (Wildman–Crippen LogP) is -1.56. The van der Waals surface area contributed by atoms with Crippen molar-refractivity contribution in [2.75, 3.05) is 18.1 Å². The van der Waals surface area contributed by atoms with Crippen LogP contribution < -0.4 is 16.4 Å². The summed E-state index contributed by atoms with van der Waals surface area (Å²) in [7, 11) is -3.02. The molecule has 0 radical (unpaired) electrons. The zero-order valence-corrected chi connectivity index (χ0v) is 12.2. The molecule has 0 aromatic heterocycles. The maximum atomic E-state index is 11.6. The van der Waals surface area contributed by atoms with E-state index in [1.807, 2.05) is 0 Å². The summed E-state index contributed by atoms with van der Waals surface area (Å²) in [4.78, 5) is 33.1. The summed E-state index contributed by atoms with van der Waals surface area (Å²) in [6.07, 6.45) is 0.223. The number of carboxylic acids is 1. The number of nitrogens with two attached hydrogens (primary N) is 1. The number of carbonyl (C=O) groups excluding carboxylic acids is 2. The van der Waals surface area contributed by atoms with Gasteiger partial charge in [0.1, 0.15) is 6.04 Å². The third kappa shape index (κ3) is 6.43. The van der Waals surface area contributed by atoms with Crippen molar-refractivity contribution in [1.82, 2.24) is 10.6 Å². The number of nitrogens with one attached hydrogen (secondary N) is 2. The highest BCUT2D eigenvalue weighted by molar-refractivity contribution is 7.91. The Morgan fingerprint density at radius 1 is 1.33 bits per heavy atom. The third-order valence-corrected chi connectivity index (χ3v) is 5.00. The summed E-state index contributed by atoms with van der Waals surface area (Å²) in [5.41, 5.74) is 4.92. The number of urea groups is 1. The molecule has 120 valence electrons. The Morgan fingerprint density at radius 3 is 2.48 bits per heavy atom. The molecule has 10 heteroatoms. The minimum absolute atomic E-state index is 0.0251. The van der Waals surface area contributed by atoms with Gasteiger partial charge in [-0.25, -0.2) is 18.0 Å². The van der Waals surface area contributed by atoms with Crippen molar-refractivity contribution >= 4 is 27.7 Å². The van der Waals surface area contributed by atoms with Crippen LogP contribution >= 0.6 is 0 Å². The summed E-state index contributed by atoms with van der Waals surface area (Å²) < 4.78 is 22.5. The first-order chi connectivity index (χ1) is 9.69. The van der Waals surface area contributed by atoms with Crippen LogP contribution in [0.2, 0.25) is 0 Å². The number of rotatable bonds is 7. The summed E-state index contributed by atoms with van der Waals surface area (Å²) in [5.74, 6) is -1.95. The number of hydrogen-bond donors (Lipinski definition) is 4. The lowest BCUT2D eigenvalue weighted by molar-refractivity contribution is -0.139. The van der Waals surface area contributed by atoms with Gasteiger partial charge in [0.15, 0.2) is 9.84 Å². The van der Waals surface area contributed by atoms with E-state index in [-0.39, 0.29) is 36.8 Å². The lowest BCUT2D eigenvalue weighted by atomic mass is 10.1. The van der Waals surface area contributed by atoms with E-state index in [0.29, 0.717) is 6.42 Å². The van der Waals surface area contributed by atoms with Gasteiger partial charge < -0.3 is 21.5 Å². The van der Waals surface area contributed by atoms with Crippen molar-refractivity contribution in [3.8, 4) is 0 Å². The van der Waals surface area contributed by atoms with E-state index in [0.717, 1.165) is 0 Å². The van der Waals surface area contributed by atoms with Gasteiger partial charge >= 0.3 is 12.0 Å². The molecule has 0 saturated carbocycles. The molecule has 2 atom stereocenters. The lowest BCUT2D eigenvalue weighted by Gasteiger charge is -2.15. The first-order valence-corrected chi connectivity index (χ1v) is 8.27. The van der Waals surface area contributed by atoms with Crippen LogP contribution in [0.1, 0.15) is 19.3 Å². The maximum absolute atomic E-state index is 11.6. The average Bonchev–Trinajstić information content (AvgIpc) is 2.71. The summed E-state index contributed by atoms with van der Waals surface area (Å²) in [6.45, 7) is 0.160. The number of amides is 3. The molecule has 5 N–H and O–H groups in total. The molecule has 1 fully saturated rings. The summed E-state index contributed by atoms with van der Waals surface area (Å²) in [6, 6.07) is -1.93. The number of carboxylic acid groups (broad SMARTS) is 1. The Balaban J connectivity index is 2.37. The third-order valence-electron chi connectivity index (χ3n) is 3.16. The predicted molar refractivity (Wildman–Crippen MR) is 73.1 cm³/mol. The number of hydrogen-bond acceptors (Lipinski definition) is 5. The van der Waals surface area contributed by atoms with Crippen LogP contribution in [0.25, 0.3) is 0 Å². The van der Waals surface area contributed by atoms with Gasteiger partial charge in [0.25, 0.3) is 0 Å². The Morgan fingerprint density at radius 2 is 2.00 bits per heavy atom. The van der Waals surface area contributed by atoms with Gasteiger partial charge in [0.2, 0.25) is 5.91 Å². The number of carbonyl (C=O) groups is 3. The fraction of sp³-hybridized carbons (Fsp3) is 0.727. The first-order valence-electron chi connectivity index (χ1n) is 6.45. The van der Waals surface area contributed by atoms with Gasteiger partial charge in [-0.15, -0.1) is 0 Å². The molecule has 0 aromatic carbocycles. The largest absolute Gasteiger partial charge is 0.480 e. The molecular formula is C11H19N3O6S. The molecule has 1 saturated heterocycles. The quantitative estimate of drug-likeness (QED) is 0.444. The van der Waals surface area contributed by atoms with Crippen LogP contribution in [0.4, 0.5) is 4.79 Å². The van der Waals surface area contributed by atoms with E-state index < -0.39 is 33.8 Å². The van der Waals surface area contributed by atoms with Gasteiger partial charge in [-0.3, -0.25) is 4.79 Å². The number of primary amides is 1. The number of sulfone groups is 1. The molecule has 1 heterocycles.